The molecule has 0 unspecified atom stereocenters. The summed E-state index contributed by atoms with van der Waals surface area (Å²) in [6, 6.07) is 1.26. The SMILES string of the molecule is COC(=O)c1cc(I)nc(CN)c1C(F)F. The predicted molar refractivity (Wildman–Crippen MR) is 61.1 cm³/mol. The van der Waals surface area contributed by atoms with Gasteiger partial charge in [-0.05, 0) is 28.7 Å². The molecule has 2 N–H and O–H groups in total. The van der Waals surface area contributed by atoms with Crippen LogP contribution < -0.4 is 5.73 Å². The van der Waals surface area contributed by atoms with E-state index in [9.17, 15) is 13.6 Å². The number of nitrogens with zero attached hydrogens (tertiary/aromatic N) is 1. The van der Waals surface area contributed by atoms with Crippen molar-refractivity contribution in [2.45, 2.75) is 13.0 Å². The van der Waals surface area contributed by atoms with Crippen molar-refractivity contribution in [3.63, 3.8) is 0 Å². The summed E-state index contributed by atoms with van der Waals surface area (Å²) in [7, 11) is 1.13. The zero-order valence-electron chi connectivity index (χ0n) is 8.34. The fourth-order valence-electron chi connectivity index (χ4n) is 1.25. The lowest BCUT2D eigenvalue weighted by Gasteiger charge is -2.11. The summed E-state index contributed by atoms with van der Waals surface area (Å²) in [5, 5.41) is 0. The number of methoxy groups -OCH3 is 1. The van der Waals surface area contributed by atoms with E-state index in [1.807, 2.05) is 22.6 Å². The molecule has 0 radical (unpaired) electrons. The van der Waals surface area contributed by atoms with Crippen LogP contribution in [0.15, 0.2) is 6.07 Å². The molecule has 88 valence electrons. The highest BCUT2D eigenvalue weighted by Crippen LogP contribution is 2.27. The number of aromatic nitrogens is 1. The van der Waals surface area contributed by atoms with Gasteiger partial charge in [-0.25, -0.2) is 18.6 Å². The van der Waals surface area contributed by atoms with Gasteiger partial charge < -0.3 is 10.5 Å². The van der Waals surface area contributed by atoms with Crippen molar-refractivity contribution >= 4 is 28.6 Å². The molecule has 0 aromatic carbocycles. The molecule has 0 saturated carbocycles. The van der Waals surface area contributed by atoms with Gasteiger partial charge in [0.05, 0.1) is 23.9 Å². The lowest BCUT2D eigenvalue weighted by Crippen LogP contribution is -2.14. The summed E-state index contributed by atoms with van der Waals surface area (Å²) in [5.41, 5.74) is 4.70. The quantitative estimate of drug-likeness (QED) is 0.518. The fourth-order valence-corrected chi connectivity index (χ4v) is 1.85. The Hall–Kier alpha value is -0.830. The highest BCUT2D eigenvalue weighted by molar-refractivity contribution is 14.1. The first kappa shape index (κ1) is 13.2. The zero-order chi connectivity index (χ0) is 12.3. The third-order valence-electron chi connectivity index (χ3n) is 1.92. The van der Waals surface area contributed by atoms with Crippen molar-refractivity contribution in [3.05, 3.63) is 26.6 Å². The average molecular weight is 342 g/mol. The lowest BCUT2D eigenvalue weighted by atomic mass is 10.1. The summed E-state index contributed by atoms with van der Waals surface area (Å²) in [6.45, 7) is -0.152. The Morgan fingerprint density at radius 2 is 2.31 bits per heavy atom. The second-order valence-corrected chi connectivity index (χ2v) is 3.95. The van der Waals surface area contributed by atoms with Gasteiger partial charge in [-0.15, -0.1) is 0 Å². The number of carbonyl (C=O) groups excluding carboxylic acids is 1. The third kappa shape index (κ3) is 2.64. The number of carbonyl (C=O) groups is 1. The molecule has 4 nitrogen and oxygen atoms in total. The van der Waals surface area contributed by atoms with E-state index in [1.165, 1.54) is 6.07 Å². The van der Waals surface area contributed by atoms with Crippen molar-refractivity contribution in [1.29, 1.82) is 0 Å². The normalized spacial score (nSPS) is 10.6. The van der Waals surface area contributed by atoms with Crippen LogP contribution in [-0.2, 0) is 11.3 Å². The first-order chi connectivity index (χ1) is 7.51. The summed E-state index contributed by atoms with van der Waals surface area (Å²) in [5.74, 6) is -0.815. The smallest absolute Gasteiger partial charge is 0.338 e. The highest BCUT2D eigenvalue weighted by Gasteiger charge is 2.24. The number of halogens is 3. The van der Waals surface area contributed by atoms with Gasteiger partial charge in [0, 0.05) is 6.54 Å². The summed E-state index contributed by atoms with van der Waals surface area (Å²) in [6.07, 6.45) is -2.81. The van der Waals surface area contributed by atoms with Gasteiger partial charge in [0.25, 0.3) is 6.43 Å². The van der Waals surface area contributed by atoms with E-state index in [2.05, 4.69) is 9.72 Å². The average Bonchev–Trinajstić information content (AvgIpc) is 2.26. The number of hydrogen-bond donors (Lipinski definition) is 1. The van der Waals surface area contributed by atoms with Crippen LogP contribution in [0, 0.1) is 3.70 Å². The Morgan fingerprint density at radius 1 is 1.69 bits per heavy atom. The van der Waals surface area contributed by atoms with Gasteiger partial charge in [-0.1, -0.05) is 0 Å². The van der Waals surface area contributed by atoms with Crippen molar-refractivity contribution in [2.75, 3.05) is 7.11 Å². The number of alkyl halides is 2. The number of esters is 1. The number of ether oxygens (including phenoxy) is 1. The molecule has 0 spiro atoms. The fraction of sp³-hybridized carbons (Fsp3) is 0.333. The second-order valence-electron chi connectivity index (χ2n) is 2.85. The van der Waals surface area contributed by atoms with Crippen LogP contribution in [0.3, 0.4) is 0 Å². The van der Waals surface area contributed by atoms with Crippen LogP contribution in [0.2, 0.25) is 0 Å². The Labute approximate surface area is 104 Å². The molecule has 0 aliphatic rings. The van der Waals surface area contributed by atoms with Crippen LogP contribution >= 0.6 is 22.6 Å². The van der Waals surface area contributed by atoms with E-state index in [-0.39, 0.29) is 17.8 Å². The highest BCUT2D eigenvalue weighted by atomic mass is 127. The van der Waals surface area contributed by atoms with Crippen molar-refractivity contribution < 1.29 is 18.3 Å². The van der Waals surface area contributed by atoms with E-state index in [0.717, 1.165) is 7.11 Å². The molecule has 1 heterocycles. The molecule has 0 aliphatic carbocycles. The number of pyridine rings is 1. The second kappa shape index (κ2) is 5.48. The maximum atomic E-state index is 12.8. The molecule has 1 aromatic rings. The molecule has 0 amide bonds. The van der Waals surface area contributed by atoms with E-state index < -0.39 is 18.0 Å². The topological polar surface area (TPSA) is 65.2 Å². The van der Waals surface area contributed by atoms with Crippen molar-refractivity contribution in [1.82, 2.24) is 4.98 Å². The van der Waals surface area contributed by atoms with Gasteiger partial charge >= 0.3 is 5.97 Å². The summed E-state index contributed by atoms with van der Waals surface area (Å²) in [4.78, 5) is 15.2. The monoisotopic (exact) mass is 342 g/mol. The maximum Gasteiger partial charge on any atom is 0.338 e. The number of nitrogens with two attached hydrogens (primary N) is 1. The zero-order valence-corrected chi connectivity index (χ0v) is 10.5. The van der Waals surface area contributed by atoms with E-state index in [1.54, 1.807) is 0 Å². The van der Waals surface area contributed by atoms with Crippen LogP contribution in [-0.4, -0.2) is 18.1 Å². The maximum absolute atomic E-state index is 12.8. The molecule has 16 heavy (non-hydrogen) atoms. The minimum Gasteiger partial charge on any atom is -0.465 e. The Balaban J connectivity index is 3.44. The number of rotatable bonds is 3. The van der Waals surface area contributed by atoms with E-state index in [4.69, 9.17) is 5.73 Å². The van der Waals surface area contributed by atoms with Gasteiger partial charge in [0.15, 0.2) is 0 Å². The minimum absolute atomic E-state index is 0.0160. The van der Waals surface area contributed by atoms with Crippen LogP contribution in [0.25, 0.3) is 0 Å². The van der Waals surface area contributed by atoms with Crippen molar-refractivity contribution in [2.24, 2.45) is 5.73 Å². The first-order valence-corrected chi connectivity index (χ1v) is 5.35. The molecule has 1 aromatic heterocycles. The lowest BCUT2D eigenvalue weighted by molar-refractivity contribution is 0.0588. The standard InChI is InChI=1S/C9H9F2IN2O2/c1-16-9(15)4-2-6(12)14-5(3-13)7(4)8(10)11/h2,8H,3,13H2,1H3. The first-order valence-electron chi connectivity index (χ1n) is 4.27. The van der Waals surface area contributed by atoms with Crippen LogP contribution in [0.4, 0.5) is 8.78 Å². The van der Waals surface area contributed by atoms with E-state index in [0.29, 0.717) is 3.70 Å². The Bertz CT molecular complexity index is 413. The van der Waals surface area contributed by atoms with Crippen LogP contribution in [0.1, 0.15) is 28.0 Å². The summed E-state index contributed by atoms with van der Waals surface area (Å²) < 4.78 is 30.5. The summed E-state index contributed by atoms with van der Waals surface area (Å²) >= 11 is 1.82. The number of hydrogen-bond acceptors (Lipinski definition) is 4. The molecule has 0 bridgehead atoms. The minimum atomic E-state index is -2.81. The molecule has 0 fully saturated rings. The molecule has 1 rings (SSSR count). The van der Waals surface area contributed by atoms with Crippen molar-refractivity contribution in [3.8, 4) is 0 Å². The Kier molecular flexibility index (Phi) is 4.54. The van der Waals surface area contributed by atoms with Gasteiger partial charge in [-0.3, -0.25) is 0 Å². The van der Waals surface area contributed by atoms with E-state index >= 15 is 0 Å². The van der Waals surface area contributed by atoms with Gasteiger partial charge in [0.2, 0.25) is 0 Å². The molecular formula is C9H9F2IN2O2. The predicted octanol–water partition coefficient (Wildman–Crippen LogP) is 1.87. The molecule has 7 heteroatoms. The molecular weight excluding hydrogens is 333 g/mol. The largest absolute Gasteiger partial charge is 0.465 e. The third-order valence-corrected chi connectivity index (χ3v) is 2.48. The molecule has 0 atom stereocenters. The molecule has 0 saturated heterocycles. The van der Waals surface area contributed by atoms with Gasteiger partial charge in [0.1, 0.15) is 3.70 Å². The van der Waals surface area contributed by atoms with Crippen LogP contribution in [0.5, 0.6) is 0 Å². The Morgan fingerprint density at radius 3 is 2.75 bits per heavy atom. The van der Waals surface area contributed by atoms with Gasteiger partial charge in [-0.2, -0.15) is 0 Å². The molecule has 0 aliphatic heterocycles.